The third kappa shape index (κ3) is 3.50. The third-order valence-electron chi connectivity index (χ3n) is 4.82. The Balaban J connectivity index is 1.31. The van der Waals surface area contributed by atoms with Crippen LogP contribution < -0.4 is 9.47 Å². The molecule has 3 heteroatoms. The predicted molar refractivity (Wildman–Crippen MR) is 90.8 cm³/mol. The first-order valence-electron chi connectivity index (χ1n) is 8.54. The summed E-state index contributed by atoms with van der Waals surface area (Å²) in [6.45, 7) is 2.53. The molecule has 0 spiro atoms. The summed E-state index contributed by atoms with van der Waals surface area (Å²) in [5, 5.41) is 0. The van der Waals surface area contributed by atoms with E-state index >= 15 is 0 Å². The lowest BCUT2D eigenvalue weighted by molar-refractivity contribution is 0.209. The molecular formula is C20H23NO2. The van der Waals surface area contributed by atoms with Crippen LogP contribution in [0.15, 0.2) is 54.6 Å². The molecule has 2 aromatic rings. The number of hydrogen-bond donors (Lipinski definition) is 0. The number of benzene rings is 2. The molecule has 0 amide bonds. The molecule has 0 aromatic heterocycles. The second-order valence-electron chi connectivity index (χ2n) is 6.47. The van der Waals surface area contributed by atoms with Gasteiger partial charge in [0.05, 0.1) is 6.04 Å². The molecular weight excluding hydrogens is 286 g/mol. The Morgan fingerprint density at radius 1 is 0.870 bits per heavy atom. The zero-order chi connectivity index (χ0) is 15.5. The van der Waals surface area contributed by atoms with E-state index in [1.54, 1.807) is 0 Å². The second kappa shape index (κ2) is 6.63. The monoisotopic (exact) mass is 309 g/mol. The Morgan fingerprint density at radius 2 is 1.57 bits per heavy atom. The fourth-order valence-corrected chi connectivity index (χ4v) is 3.12. The lowest BCUT2D eigenvalue weighted by Crippen LogP contribution is -2.29. The van der Waals surface area contributed by atoms with Gasteiger partial charge >= 0.3 is 0 Å². The number of hydrogen-bond acceptors (Lipinski definition) is 3. The van der Waals surface area contributed by atoms with Gasteiger partial charge in [-0.05, 0) is 30.5 Å². The van der Waals surface area contributed by atoms with E-state index in [1.165, 1.54) is 31.4 Å². The average Bonchev–Trinajstić information content (AvgIpc) is 3.30. The molecule has 0 radical (unpaired) electrons. The van der Waals surface area contributed by atoms with Crippen LogP contribution in [0.2, 0.25) is 0 Å². The lowest BCUT2D eigenvalue weighted by atomic mass is 9.93. The summed E-state index contributed by atoms with van der Waals surface area (Å²) in [6, 6.07) is 19.6. The van der Waals surface area contributed by atoms with Gasteiger partial charge in [0, 0.05) is 12.6 Å². The van der Waals surface area contributed by atoms with E-state index in [1.807, 2.05) is 42.5 Å². The van der Waals surface area contributed by atoms with E-state index in [-0.39, 0.29) is 0 Å². The van der Waals surface area contributed by atoms with Gasteiger partial charge in [0.1, 0.15) is 13.2 Å². The molecule has 3 nitrogen and oxygen atoms in total. The van der Waals surface area contributed by atoms with E-state index in [2.05, 4.69) is 17.0 Å². The van der Waals surface area contributed by atoms with Crippen molar-refractivity contribution in [3.05, 3.63) is 60.2 Å². The van der Waals surface area contributed by atoms with Crippen LogP contribution in [-0.4, -0.2) is 30.1 Å². The Labute approximate surface area is 137 Å². The first kappa shape index (κ1) is 14.6. The highest BCUT2D eigenvalue weighted by molar-refractivity contribution is 5.39. The van der Waals surface area contributed by atoms with Gasteiger partial charge in [0.25, 0.3) is 0 Å². The van der Waals surface area contributed by atoms with Crippen molar-refractivity contribution >= 4 is 0 Å². The van der Waals surface area contributed by atoms with Gasteiger partial charge in [-0.2, -0.15) is 0 Å². The van der Waals surface area contributed by atoms with Crippen LogP contribution in [-0.2, 0) is 6.61 Å². The minimum absolute atomic E-state index is 0.568. The number of nitrogens with zero attached hydrogens (tertiary/aromatic N) is 1. The highest BCUT2D eigenvalue weighted by Gasteiger charge is 2.42. The molecule has 0 N–H and O–H groups in total. The maximum atomic E-state index is 6.03. The summed E-state index contributed by atoms with van der Waals surface area (Å²) in [5.74, 6) is 1.68. The number of para-hydroxylation sites is 2. The van der Waals surface area contributed by atoms with Crippen molar-refractivity contribution in [2.75, 3.05) is 13.2 Å². The maximum absolute atomic E-state index is 6.03. The minimum Gasteiger partial charge on any atom is -0.488 e. The first-order valence-corrected chi connectivity index (χ1v) is 8.54. The van der Waals surface area contributed by atoms with Gasteiger partial charge in [-0.3, -0.25) is 4.90 Å². The van der Waals surface area contributed by atoms with Crippen molar-refractivity contribution in [2.45, 2.75) is 38.0 Å². The van der Waals surface area contributed by atoms with Crippen LogP contribution >= 0.6 is 0 Å². The lowest BCUT2D eigenvalue weighted by Gasteiger charge is -2.27. The molecule has 2 aliphatic rings. The van der Waals surface area contributed by atoms with Gasteiger partial charge in [0.15, 0.2) is 11.5 Å². The van der Waals surface area contributed by atoms with Crippen LogP contribution in [0.25, 0.3) is 0 Å². The molecule has 23 heavy (non-hydrogen) atoms. The van der Waals surface area contributed by atoms with Crippen molar-refractivity contribution in [1.29, 1.82) is 0 Å². The summed E-state index contributed by atoms with van der Waals surface area (Å²) < 4.78 is 12.0. The summed E-state index contributed by atoms with van der Waals surface area (Å²) >= 11 is 0. The van der Waals surface area contributed by atoms with Gasteiger partial charge < -0.3 is 9.47 Å². The van der Waals surface area contributed by atoms with Gasteiger partial charge in [0.2, 0.25) is 0 Å². The second-order valence-corrected chi connectivity index (χ2v) is 6.47. The van der Waals surface area contributed by atoms with Crippen LogP contribution in [0.1, 0.15) is 24.8 Å². The molecule has 1 saturated carbocycles. The smallest absolute Gasteiger partial charge is 0.161 e. The Morgan fingerprint density at radius 3 is 2.26 bits per heavy atom. The largest absolute Gasteiger partial charge is 0.488 e. The fourth-order valence-electron chi connectivity index (χ4n) is 3.12. The standard InChI is InChI=1S/C20H23NO2/c1-2-7-16(8-3-1)14-22-19-11-4-5-12-20(19)23-15-18-13-21(18)17-9-6-10-17/h1-5,7-8,11-12,17-18H,6,9-10,13-15H2. The average molecular weight is 309 g/mol. The first-order chi connectivity index (χ1) is 11.4. The van der Waals surface area contributed by atoms with E-state index in [9.17, 15) is 0 Å². The van der Waals surface area contributed by atoms with E-state index in [0.717, 1.165) is 24.1 Å². The molecule has 0 bridgehead atoms. The van der Waals surface area contributed by atoms with Gasteiger partial charge in [-0.15, -0.1) is 0 Å². The van der Waals surface area contributed by atoms with E-state index in [0.29, 0.717) is 12.6 Å². The number of ether oxygens (including phenoxy) is 2. The van der Waals surface area contributed by atoms with Crippen molar-refractivity contribution in [2.24, 2.45) is 0 Å². The highest BCUT2D eigenvalue weighted by atomic mass is 16.5. The zero-order valence-electron chi connectivity index (χ0n) is 13.4. The van der Waals surface area contributed by atoms with Crippen LogP contribution in [0.5, 0.6) is 11.5 Å². The molecule has 2 fully saturated rings. The summed E-state index contributed by atoms with van der Waals surface area (Å²) in [4.78, 5) is 2.57. The molecule has 2 unspecified atom stereocenters. The summed E-state index contributed by atoms with van der Waals surface area (Å²) in [6.07, 6.45) is 4.13. The van der Waals surface area contributed by atoms with E-state index in [4.69, 9.17) is 9.47 Å². The molecule has 1 heterocycles. The summed E-state index contributed by atoms with van der Waals surface area (Å²) in [7, 11) is 0. The third-order valence-corrected chi connectivity index (χ3v) is 4.82. The van der Waals surface area contributed by atoms with Crippen molar-refractivity contribution < 1.29 is 9.47 Å². The Kier molecular flexibility index (Phi) is 4.20. The van der Waals surface area contributed by atoms with E-state index < -0.39 is 0 Å². The van der Waals surface area contributed by atoms with Crippen molar-refractivity contribution in [1.82, 2.24) is 4.90 Å². The Bertz CT molecular complexity index is 639. The SMILES string of the molecule is c1ccc(COc2ccccc2OCC2CN2C2CCC2)cc1. The number of rotatable bonds is 7. The van der Waals surface area contributed by atoms with Crippen LogP contribution in [0, 0.1) is 0 Å². The minimum atomic E-state index is 0.568. The topological polar surface area (TPSA) is 21.5 Å². The molecule has 1 aliphatic carbocycles. The molecule has 1 saturated heterocycles. The molecule has 2 atom stereocenters. The molecule has 120 valence electrons. The van der Waals surface area contributed by atoms with Crippen molar-refractivity contribution in [3.8, 4) is 11.5 Å². The van der Waals surface area contributed by atoms with Crippen molar-refractivity contribution in [3.63, 3.8) is 0 Å². The van der Waals surface area contributed by atoms with Gasteiger partial charge in [-0.1, -0.05) is 48.9 Å². The van der Waals surface area contributed by atoms with Crippen LogP contribution in [0.3, 0.4) is 0 Å². The molecule has 2 aromatic carbocycles. The Hall–Kier alpha value is -2.00. The zero-order valence-corrected chi connectivity index (χ0v) is 13.4. The molecule has 4 rings (SSSR count). The normalized spacial score (nSPS) is 23.1. The maximum Gasteiger partial charge on any atom is 0.161 e. The summed E-state index contributed by atoms with van der Waals surface area (Å²) in [5.41, 5.74) is 1.17. The van der Waals surface area contributed by atoms with Crippen LogP contribution in [0.4, 0.5) is 0 Å². The quantitative estimate of drug-likeness (QED) is 0.724. The van der Waals surface area contributed by atoms with Gasteiger partial charge in [-0.25, -0.2) is 0 Å². The fraction of sp³-hybridized carbons (Fsp3) is 0.400. The molecule has 1 aliphatic heterocycles. The predicted octanol–water partition coefficient (Wildman–Crippen LogP) is 3.88. The highest BCUT2D eigenvalue weighted by Crippen LogP contribution is 2.35.